The monoisotopic (exact) mass is 251 g/mol. The Balaban J connectivity index is 1.79. The average Bonchev–Trinajstić information content (AvgIpc) is 2.42. The number of anilines is 1. The molecule has 0 bridgehead atoms. The van der Waals surface area contributed by atoms with Gasteiger partial charge in [0.05, 0.1) is 12.8 Å². The lowest BCUT2D eigenvalue weighted by molar-refractivity contribution is 0.233. The van der Waals surface area contributed by atoms with Gasteiger partial charge in [-0.1, -0.05) is 0 Å². The van der Waals surface area contributed by atoms with Crippen molar-refractivity contribution in [3.05, 3.63) is 18.3 Å². The molecule has 2 rings (SSSR count). The SMILES string of the molecule is OCCCOc1ccc(NC2CCNCC2)nc1. The summed E-state index contributed by atoms with van der Waals surface area (Å²) in [4.78, 5) is 4.33. The fraction of sp³-hybridized carbons (Fsp3) is 0.615. The number of aliphatic hydroxyl groups excluding tert-OH is 1. The van der Waals surface area contributed by atoms with Gasteiger partial charge in [-0.05, 0) is 38.1 Å². The highest BCUT2D eigenvalue weighted by atomic mass is 16.5. The molecule has 0 spiro atoms. The molecular weight excluding hydrogens is 230 g/mol. The largest absolute Gasteiger partial charge is 0.492 e. The van der Waals surface area contributed by atoms with Gasteiger partial charge in [-0.3, -0.25) is 0 Å². The maximum Gasteiger partial charge on any atom is 0.137 e. The van der Waals surface area contributed by atoms with Crippen molar-refractivity contribution in [1.29, 1.82) is 0 Å². The number of hydrogen-bond acceptors (Lipinski definition) is 5. The van der Waals surface area contributed by atoms with Gasteiger partial charge < -0.3 is 20.5 Å². The van der Waals surface area contributed by atoms with Crippen LogP contribution >= 0.6 is 0 Å². The van der Waals surface area contributed by atoms with Crippen molar-refractivity contribution in [2.24, 2.45) is 0 Å². The van der Waals surface area contributed by atoms with Gasteiger partial charge in [0.2, 0.25) is 0 Å². The molecular formula is C13H21N3O2. The highest BCUT2D eigenvalue weighted by Crippen LogP contribution is 2.15. The topological polar surface area (TPSA) is 66.4 Å². The first-order valence-corrected chi connectivity index (χ1v) is 6.55. The predicted molar refractivity (Wildman–Crippen MR) is 70.9 cm³/mol. The van der Waals surface area contributed by atoms with Gasteiger partial charge in [0, 0.05) is 19.1 Å². The van der Waals surface area contributed by atoms with Crippen molar-refractivity contribution in [3.8, 4) is 5.75 Å². The van der Waals surface area contributed by atoms with E-state index in [4.69, 9.17) is 9.84 Å². The first kappa shape index (κ1) is 13.1. The van der Waals surface area contributed by atoms with E-state index in [1.165, 1.54) is 0 Å². The molecule has 0 saturated carbocycles. The molecule has 0 aliphatic carbocycles. The summed E-state index contributed by atoms with van der Waals surface area (Å²) in [6.07, 6.45) is 4.64. The second-order valence-corrected chi connectivity index (χ2v) is 4.47. The van der Waals surface area contributed by atoms with E-state index in [-0.39, 0.29) is 6.61 Å². The summed E-state index contributed by atoms with van der Waals surface area (Å²) >= 11 is 0. The molecule has 3 N–H and O–H groups in total. The molecule has 0 aromatic carbocycles. The summed E-state index contributed by atoms with van der Waals surface area (Å²) in [6, 6.07) is 4.37. The van der Waals surface area contributed by atoms with Gasteiger partial charge in [-0.15, -0.1) is 0 Å². The molecule has 2 heterocycles. The lowest BCUT2D eigenvalue weighted by atomic mass is 10.1. The number of piperidine rings is 1. The number of aliphatic hydroxyl groups is 1. The van der Waals surface area contributed by atoms with Gasteiger partial charge in [0.1, 0.15) is 11.6 Å². The maximum atomic E-state index is 8.66. The molecule has 5 nitrogen and oxygen atoms in total. The molecule has 1 aromatic rings. The van der Waals surface area contributed by atoms with Crippen LogP contribution in [-0.2, 0) is 0 Å². The number of rotatable bonds is 6. The molecule has 1 saturated heterocycles. The van der Waals surface area contributed by atoms with E-state index in [0.717, 1.165) is 37.5 Å². The fourth-order valence-electron chi connectivity index (χ4n) is 1.98. The van der Waals surface area contributed by atoms with Crippen LogP contribution in [0.15, 0.2) is 18.3 Å². The van der Waals surface area contributed by atoms with Crippen LogP contribution in [0.25, 0.3) is 0 Å². The molecule has 0 amide bonds. The third kappa shape index (κ3) is 4.16. The van der Waals surface area contributed by atoms with Crippen LogP contribution in [0.2, 0.25) is 0 Å². The number of ether oxygens (including phenoxy) is 1. The molecule has 100 valence electrons. The summed E-state index contributed by atoms with van der Waals surface area (Å²) in [5, 5.41) is 15.4. The zero-order valence-electron chi connectivity index (χ0n) is 10.6. The first-order chi connectivity index (χ1) is 8.88. The third-order valence-corrected chi connectivity index (χ3v) is 3.00. The van der Waals surface area contributed by atoms with Crippen LogP contribution < -0.4 is 15.4 Å². The number of aromatic nitrogens is 1. The van der Waals surface area contributed by atoms with Crippen molar-refractivity contribution in [2.75, 3.05) is 31.6 Å². The van der Waals surface area contributed by atoms with E-state index < -0.39 is 0 Å². The Bertz CT molecular complexity index is 337. The zero-order valence-corrected chi connectivity index (χ0v) is 10.6. The lowest BCUT2D eigenvalue weighted by Gasteiger charge is -2.24. The predicted octanol–water partition coefficient (Wildman–Crippen LogP) is 1.01. The molecule has 1 aromatic heterocycles. The summed E-state index contributed by atoms with van der Waals surface area (Å²) in [6.45, 7) is 2.82. The second kappa shape index (κ2) is 7.18. The Morgan fingerprint density at radius 3 is 2.89 bits per heavy atom. The fourth-order valence-corrected chi connectivity index (χ4v) is 1.98. The Morgan fingerprint density at radius 2 is 2.22 bits per heavy atom. The minimum atomic E-state index is 0.156. The smallest absolute Gasteiger partial charge is 0.137 e. The highest BCUT2D eigenvalue weighted by molar-refractivity contribution is 5.38. The molecule has 1 fully saturated rings. The summed E-state index contributed by atoms with van der Waals surface area (Å²) in [5.74, 6) is 1.65. The van der Waals surface area contributed by atoms with E-state index in [1.807, 2.05) is 12.1 Å². The van der Waals surface area contributed by atoms with Gasteiger partial charge in [-0.2, -0.15) is 0 Å². The van der Waals surface area contributed by atoms with Crippen LogP contribution in [0.3, 0.4) is 0 Å². The number of pyridine rings is 1. The van der Waals surface area contributed by atoms with Gasteiger partial charge in [-0.25, -0.2) is 4.98 Å². The molecule has 0 radical (unpaired) electrons. The van der Waals surface area contributed by atoms with E-state index in [2.05, 4.69) is 15.6 Å². The average molecular weight is 251 g/mol. The van der Waals surface area contributed by atoms with Crippen molar-refractivity contribution in [3.63, 3.8) is 0 Å². The molecule has 0 unspecified atom stereocenters. The van der Waals surface area contributed by atoms with Crippen molar-refractivity contribution >= 4 is 5.82 Å². The minimum absolute atomic E-state index is 0.156. The van der Waals surface area contributed by atoms with Crippen LogP contribution in [0.5, 0.6) is 5.75 Å². The summed E-state index contributed by atoms with van der Waals surface area (Å²) in [7, 11) is 0. The number of hydrogen-bond donors (Lipinski definition) is 3. The van der Waals surface area contributed by atoms with Crippen molar-refractivity contribution in [2.45, 2.75) is 25.3 Å². The number of nitrogens with one attached hydrogen (secondary N) is 2. The van der Waals surface area contributed by atoms with E-state index in [0.29, 0.717) is 19.1 Å². The van der Waals surface area contributed by atoms with Crippen molar-refractivity contribution < 1.29 is 9.84 Å². The minimum Gasteiger partial charge on any atom is -0.492 e. The molecule has 0 atom stereocenters. The zero-order chi connectivity index (χ0) is 12.6. The molecule has 18 heavy (non-hydrogen) atoms. The van der Waals surface area contributed by atoms with E-state index in [9.17, 15) is 0 Å². The van der Waals surface area contributed by atoms with Gasteiger partial charge >= 0.3 is 0 Å². The highest BCUT2D eigenvalue weighted by Gasteiger charge is 2.12. The molecule has 1 aliphatic heterocycles. The van der Waals surface area contributed by atoms with E-state index in [1.54, 1.807) is 6.20 Å². The first-order valence-electron chi connectivity index (χ1n) is 6.55. The van der Waals surface area contributed by atoms with Crippen molar-refractivity contribution in [1.82, 2.24) is 10.3 Å². The standard InChI is InChI=1S/C13H21N3O2/c17-8-1-9-18-12-2-3-13(15-10-12)16-11-4-6-14-7-5-11/h2-3,10-11,14,17H,1,4-9H2,(H,15,16). The Labute approximate surface area is 108 Å². The Morgan fingerprint density at radius 1 is 1.39 bits per heavy atom. The van der Waals surface area contributed by atoms with Crippen LogP contribution in [0.4, 0.5) is 5.82 Å². The molecule has 1 aliphatic rings. The van der Waals surface area contributed by atoms with Crippen LogP contribution in [-0.4, -0.2) is 42.4 Å². The quantitative estimate of drug-likeness (QED) is 0.658. The lowest BCUT2D eigenvalue weighted by Crippen LogP contribution is -2.35. The second-order valence-electron chi connectivity index (χ2n) is 4.47. The summed E-state index contributed by atoms with van der Waals surface area (Å²) < 4.78 is 5.43. The van der Waals surface area contributed by atoms with Gasteiger partial charge in [0.15, 0.2) is 0 Å². The van der Waals surface area contributed by atoms with Crippen LogP contribution in [0.1, 0.15) is 19.3 Å². The normalized spacial score (nSPS) is 16.5. The number of nitrogens with zero attached hydrogens (tertiary/aromatic N) is 1. The Kier molecular flexibility index (Phi) is 5.23. The van der Waals surface area contributed by atoms with Crippen LogP contribution in [0, 0.1) is 0 Å². The third-order valence-electron chi connectivity index (χ3n) is 3.00. The maximum absolute atomic E-state index is 8.66. The molecule has 5 heteroatoms. The summed E-state index contributed by atoms with van der Waals surface area (Å²) in [5.41, 5.74) is 0. The van der Waals surface area contributed by atoms with E-state index >= 15 is 0 Å². The Hall–Kier alpha value is -1.33. The van der Waals surface area contributed by atoms with Gasteiger partial charge in [0.25, 0.3) is 0 Å².